The topological polar surface area (TPSA) is 33.0 Å². The van der Waals surface area contributed by atoms with Gasteiger partial charge in [0.25, 0.3) is 0 Å². The van der Waals surface area contributed by atoms with E-state index < -0.39 is 0 Å². The molecule has 1 unspecified atom stereocenters. The summed E-state index contributed by atoms with van der Waals surface area (Å²) in [5, 5.41) is 0. The van der Waals surface area contributed by atoms with E-state index in [9.17, 15) is 0 Å². The zero-order chi connectivity index (χ0) is 18.0. The smallest absolute Gasteiger partial charge is 0.206 e. The van der Waals surface area contributed by atoms with Crippen LogP contribution in [-0.2, 0) is 7.05 Å². The Kier molecular flexibility index (Phi) is 3.36. The Morgan fingerprint density at radius 2 is 1.85 bits per heavy atom. The van der Waals surface area contributed by atoms with Crippen LogP contribution in [0.1, 0.15) is 42.2 Å². The lowest BCUT2D eigenvalue weighted by Crippen LogP contribution is -2.49. The maximum absolute atomic E-state index is 6.55. The zero-order valence-electron chi connectivity index (χ0n) is 16.0. The Bertz CT molecular complexity index is 921. The number of aryl methyl sites for hydroxylation is 3. The molecular formula is C21H26N4O. The van der Waals surface area contributed by atoms with Crippen molar-refractivity contribution in [2.75, 3.05) is 20.1 Å². The maximum Gasteiger partial charge on any atom is 0.206 e. The van der Waals surface area contributed by atoms with Gasteiger partial charge >= 0.3 is 0 Å². The highest BCUT2D eigenvalue weighted by atomic mass is 16.5. The quantitative estimate of drug-likeness (QED) is 0.716. The van der Waals surface area contributed by atoms with Gasteiger partial charge in [0.15, 0.2) is 0 Å². The monoisotopic (exact) mass is 350 g/mol. The second-order valence-electron chi connectivity index (χ2n) is 7.89. The first-order chi connectivity index (χ1) is 12.5. The van der Waals surface area contributed by atoms with Crippen LogP contribution in [0.4, 0.5) is 5.82 Å². The number of hydrogen-bond acceptors (Lipinski definition) is 4. The lowest BCUT2D eigenvalue weighted by atomic mass is 9.93. The first kappa shape index (κ1) is 15.8. The lowest BCUT2D eigenvalue weighted by molar-refractivity contribution is 0.0770. The van der Waals surface area contributed by atoms with Crippen LogP contribution in [0.2, 0.25) is 0 Å². The largest absolute Gasteiger partial charge is 0.465 e. The van der Waals surface area contributed by atoms with E-state index in [0.29, 0.717) is 0 Å². The lowest BCUT2D eigenvalue weighted by Gasteiger charge is -2.42. The number of fused-ring (bicyclic) bond motifs is 2. The Balaban J connectivity index is 1.69. The molecule has 3 aliphatic heterocycles. The van der Waals surface area contributed by atoms with Crippen LogP contribution in [-0.4, -0.2) is 40.5 Å². The molecule has 1 aromatic carbocycles. The van der Waals surface area contributed by atoms with Gasteiger partial charge in [-0.05, 0) is 50.3 Å². The van der Waals surface area contributed by atoms with E-state index >= 15 is 0 Å². The highest BCUT2D eigenvalue weighted by Gasteiger charge is 2.40. The molecule has 0 amide bonds. The van der Waals surface area contributed by atoms with Crippen LogP contribution in [0.15, 0.2) is 23.3 Å². The summed E-state index contributed by atoms with van der Waals surface area (Å²) in [6.45, 7) is 6.46. The third-order valence-electron chi connectivity index (χ3n) is 5.90. The number of hydrogen-bond donors (Lipinski definition) is 0. The fourth-order valence-electron chi connectivity index (χ4n) is 4.70. The summed E-state index contributed by atoms with van der Waals surface area (Å²) in [7, 11) is 4.21. The SMILES string of the molecule is Cc1cc(C)c2c(c1)OC1c3c-2cn(C)c3N=C(N2CCCCC2)N1C. The highest BCUT2D eigenvalue weighted by molar-refractivity contribution is 5.90. The molecule has 1 aromatic heterocycles. The van der Waals surface area contributed by atoms with Crippen LogP contribution >= 0.6 is 0 Å². The molecule has 0 saturated carbocycles. The molecule has 26 heavy (non-hydrogen) atoms. The Morgan fingerprint density at radius 3 is 2.62 bits per heavy atom. The summed E-state index contributed by atoms with van der Waals surface area (Å²) in [4.78, 5) is 9.71. The molecule has 136 valence electrons. The van der Waals surface area contributed by atoms with Gasteiger partial charge in [0.05, 0.1) is 5.56 Å². The average molecular weight is 350 g/mol. The minimum Gasteiger partial charge on any atom is -0.465 e. The van der Waals surface area contributed by atoms with Gasteiger partial charge in [-0.3, -0.25) is 0 Å². The molecule has 5 heteroatoms. The molecule has 0 spiro atoms. The molecule has 5 nitrogen and oxygen atoms in total. The molecule has 0 bridgehead atoms. The predicted octanol–water partition coefficient (Wildman–Crippen LogP) is 4.12. The summed E-state index contributed by atoms with van der Waals surface area (Å²) < 4.78 is 8.71. The molecule has 3 aliphatic rings. The minimum absolute atomic E-state index is 0.107. The fourth-order valence-corrected chi connectivity index (χ4v) is 4.70. The summed E-state index contributed by atoms with van der Waals surface area (Å²) >= 11 is 0. The summed E-state index contributed by atoms with van der Waals surface area (Å²) in [6, 6.07) is 4.40. The summed E-state index contributed by atoms with van der Waals surface area (Å²) in [6.07, 6.45) is 5.91. The molecule has 0 aliphatic carbocycles. The predicted molar refractivity (Wildman–Crippen MR) is 104 cm³/mol. The van der Waals surface area contributed by atoms with Crippen molar-refractivity contribution in [3.05, 3.63) is 35.0 Å². The number of aromatic nitrogens is 1. The summed E-state index contributed by atoms with van der Waals surface area (Å²) in [5.74, 6) is 3.07. The third-order valence-corrected chi connectivity index (χ3v) is 5.90. The van der Waals surface area contributed by atoms with E-state index in [0.717, 1.165) is 30.6 Å². The van der Waals surface area contributed by atoms with Crippen molar-refractivity contribution in [3.8, 4) is 16.9 Å². The van der Waals surface area contributed by atoms with Crippen LogP contribution in [0.5, 0.6) is 5.75 Å². The van der Waals surface area contributed by atoms with Gasteiger partial charge < -0.3 is 19.1 Å². The first-order valence-corrected chi connectivity index (χ1v) is 9.58. The first-order valence-electron chi connectivity index (χ1n) is 9.58. The number of guanidine groups is 1. The van der Waals surface area contributed by atoms with Crippen LogP contribution in [0.3, 0.4) is 0 Å². The number of likely N-dealkylation sites (tertiary alicyclic amines) is 1. The number of ether oxygens (including phenoxy) is 1. The van der Waals surface area contributed by atoms with Gasteiger partial charge in [-0.2, -0.15) is 4.99 Å². The van der Waals surface area contributed by atoms with Gasteiger partial charge in [-0.25, -0.2) is 0 Å². The standard InChI is InChI=1S/C21H26N4O/c1-13-10-14(2)17-15-12-23(3)19-18(15)20(26-16(17)11-13)24(4)21(22-19)25-8-6-5-7-9-25/h10-12,20H,5-9H2,1-4H3. The molecule has 1 atom stereocenters. The Hall–Kier alpha value is -2.43. The van der Waals surface area contributed by atoms with Crippen LogP contribution in [0, 0.1) is 13.8 Å². The number of benzene rings is 1. The van der Waals surface area contributed by atoms with Crippen LogP contribution < -0.4 is 4.74 Å². The Labute approximate surface area is 154 Å². The average Bonchev–Trinajstić information content (AvgIpc) is 2.94. The van der Waals surface area contributed by atoms with Gasteiger partial charge in [0, 0.05) is 44.5 Å². The van der Waals surface area contributed by atoms with Crippen molar-refractivity contribution in [1.29, 1.82) is 0 Å². The highest BCUT2D eigenvalue weighted by Crippen LogP contribution is 2.51. The minimum atomic E-state index is -0.107. The van der Waals surface area contributed by atoms with Crippen molar-refractivity contribution in [3.63, 3.8) is 0 Å². The Morgan fingerprint density at radius 1 is 1.08 bits per heavy atom. The molecule has 1 fully saturated rings. The third kappa shape index (κ3) is 2.12. The van der Waals surface area contributed by atoms with E-state index in [4.69, 9.17) is 9.73 Å². The molecule has 5 rings (SSSR count). The zero-order valence-corrected chi connectivity index (χ0v) is 16.0. The number of nitrogens with zero attached hydrogens (tertiary/aromatic N) is 4. The number of piperidine rings is 1. The molecule has 0 radical (unpaired) electrons. The van der Waals surface area contributed by atoms with Crippen molar-refractivity contribution in [2.24, 2.45) is 12.0 Å². The van der Waals surface area contributed by atoms with E-state index in [-0.39, 0.29) is 6.23 Å². The summed E-state index contributed by atoms with van der Waals surface area (Å²) in [5.41, 5.74) is 6.19. The van der Waals surface area contributed by atoms with Gasteiger partial charge in [0.1, 0.15) is 11.6 Å². The van der Waals surface area contributed by atoms with Crippen molar-refractivity contribution >= 4 is 11.8 Å². The normalized spacial score (nSPS) is 21.1. The van der Waals surface area contributed by atoms with Crippen molar-refractivity contribution in [2.45, 2.75) is 39.3 Å². The van der Waals surface area contributed by atoms with Crippen molar-refractivity contribution in [1.82, 2.24) is 14.4 Å². The second-order valence-corrected chi connectivity index (χ2v) is 7.89. The fraction of sp³-hybridized carbons (Fsp3) is 0.476. The molecular weight excluding hydrogens is 324 g/mol. The van der Waals surface area contributed by atoms with E-state index in [1.54, 1.807) is 0 Å². The van der Waals surface area contributed by atoms with Gasteiger partial charge in [-0.15, -0.1) is 0 Å². The van der Waals surface area contributed by atoms with E-state index in [1.807, 2.05) is 0 Å². The number of rotatable bonds is 0. The second kappa shape index (κ2) is 5.53. The van der Waals surface area contributed by atoms with E-state index in [1.165, 1.54) is 47.1 Å². The molecule has 1 saturated heterocycles. The molecule has 2 aromatic rings. The van der Waals surface area contributed by atoms with Crippen molar-refractivity contribution < 1.29 is 4.74 Å². The van der Waals surface area contributed by atoms with Gasteiger partial charge in [-0.1, -0.05) is 6.07 Å². The number of aliphatic imine (C=N–C) groups is 1. The van der Waals surface area contributed by atoms with Crippen LogP contribution in [0.25, 0.3) is 11.1 Å². The van der Waals surface area contributed by atoms with Gasteiger partial charge in [0.2, 0.25) is 12.2 Å². The molecule has 0 N–H and O–H groups in total. The maximum atomic E-state index is 6.55. The molecule has 4 heterocycles. The van der Waals surface area contributed by atoms with E-state index in [2.05, 4.69) is 60.6 Å².